The Labute approximate surface area is 158 Å². The monoisotopic (exact) mass is 372 g/mol. The summed E-state index contributed by atoms with van der Waals surface area (Å²) in [6.07, 6.45) is 0. The maximum Gasteiger partial charge on any atom is 0.253 e. The van der Waals surface area contributed by atoms with Crippen molar-refractivity contribution in [1.82, 2.24) is 0 Å². The van der Waals surface area contributed by atoms with Gasteiger partial charge in [-0.05, 0) is 48.4 Å². The number of morpholine rings is 1. The van der Waals surface area contributed by atoms with Crippen LogP contribution in [0, 0.1) is 6.92 Å². The largest absolute Gasteiger partial charge is 0.370 e. The molecule has 0 N–H and O–H groups in total. The average Bonchev–Trinajstić information content (AvgIpc) is 3.13. The first-order chi connectivity index (χ1) is 12.6. The second-order valence-corrected chi connectivity index (χ2v) is 7.04. The van der Waals surface area contributed by atoms with E-state index in [0.29, 0.717) is 26.5 Å². The predicted molar refractivity (Wildman–Crippen MR) is 102 cm³/mol. The third kappa shape index (κ3) is 3.30. The first-order valence-electron chi connectivity index (χ1n) is 8.72. The number of nitrogens with zero attached hydrogens (tertiary/aromatic N) is 2. The Morgan fingerprint density at radius 2 is 1.92 bits per heavy atom. The van der Waals surface area contributed by atoms with Crippen LogP contribution in [0.5, 0.6) is 0 Å². The third-order valence-electron chi connectivity index (χ3n) is 4.92. The van der Waals surface area contributed by atoms with E-state index in [1.165, 1.54) is 5.56 Å². The van der Waals surface area contributed by atoms with E-state index in [2.05, 4.69) is 17.0 Å². The lowest BCUT2D eigenvalue weighted by Crippen LogP contribution is -2.42. The van der Waals surface area contributed by atoms with E-state index in [4.69, 9.17) is 21.1 Å². The molecule has 6 heteroatoms. The van der Waals surface area contributed by atoms with Crippen LogP contribution in [0.4, 0.5) is 11.4 Å². The number of carbonyl (C=O) groups excluding carboxylic acids is 1. The van der Waals surface area contributed by atoms with Gasteiger partial charge in [-0.1, -0.05) is 23.7 Å². The van der Waals surface area contributed by atoms with Gasteiger partial charge in [0.05, 0.1) is 19.3 Å². The molecule has 0 spiro atoms. The SMILES string of the molecule is Cc1cc(C2COCN2c2ccc(Cl)cc2)ccc1N1CCOCC1=O. The molecule has 0 bridgehead atoms. The van der Waals surface area contributed by atoms with Crippen molar-refractivity contribution in [3.05, 3.63) is 58.6 Å². The highest BCUT2D eigenvalue weighted by atomic mass is 35.5. The Morgan fingerprint density at radius 1 is 1.12 bits per heavy atom. The van der Waals surface area contributed by atoms with Gasteiger partial charge in [-0.2, -0.15) is 0 Å². The quantitative estimate of drug-likeness (QED) is 0.826. The van der Waals surface area contributed by atoms with Crippen LogP contribution < -0.4 is 9.80 Å². The standard InChI is InChI=1S/C20H21ClN2O3/c1-14-10-15(2-7-18(14)22-8-9-25-12-20(22)24)19-11-26-13-23(19)17-5-3-16(21)4-6-17/h2-7,10,19H,8-9,11-13H2,1H3. The van der Waals surface area contributed by atoms with Crippen LogP contribution in [0.15, 0.2) is 42.5 Å². The molecule has 2 aliphatic rings. The highest BCUT2D eigenvalue weighted by molar-refractivity contribution is 6.30. The molecule has 2 aliphatic heterocycles. The predicted octanol–water partition coefficient (Wildman–Crippen LogP) is 3.55. The van der Waals surface area contributed by atoms with Crippen molar-refractivity contribution in [1.29, 1.82) is 0 Å². The number of benzene rings is 2. The molecular weight excluding hydrogens is 352 g/mol. The summed E-state index contributed by atoms with van der Waals surface area (Å²) in [7, 11) is 0. The molecular formula is C20H21ClN2O3. The van der Waals surface area contributed by atoms with Crippen LogP contribution in [-0.2, 0) is 14.3 Å². The molecule has 0 radical (unpaired) electrons. The molecule has 136 valence electrons. The van der Waals surface area contributed by atoms with Crippen molar-refractivity contribution >= 4 is 28.9 Å². The Hall–Kier alpha value is -2.08. The molecule has 2 aromatic carbocycles. The van der Waals surface area contributed by atoms with Gasteiger partial charge in [0, 0.05) is 22.9 Å². The molecule has 1 unspecified atom stereocenters. The summed E-state index contributed by atoms with van der Waals surface area (Å²) >= 11 is 6.00. The van der Waals surface area contributed by atoms with Crippen molar-refractivity contribution < 1.29 is 14.3 Å². The first-order valence-corrected chi connectivity index (χ1v) is 9.10. The molecule has 2 aromatic rings. The summed E-state index contributed by atoms with van der Waals surface area (Å²) in [5, 5.41) is 0.723. The zero-order valence-electron chi connectivity index (χ0n) is 14.7. The molecule has 4 rings (SSSR count). The lowest BCUT2D eigenvalue weighted by Gasteiger charge is -2.29. The zero-order valence-corrected chi connectivity index (χ0v) is 15.4. The van der Waals surface area contributed by atoms with Crippen LogP contribution in [0.25, 0.3) is 0 Å². The summed E-state index contributed by atoms with van der Waals surface area (Å²) in [6.45, 7) is 4.56. The van der Waals surface area contributed by atoms with E-state index < -0.39 is 0 Å². The minimum absolute atomic E-state index is 0.0130. The number of ether oxygens (including phenoxy) is 2. The summed E-state index contributed by atoms with van der Waals surface area (Å²) in [4.78, 5) is 16.2. The van der Waals surface area contributed by atoms with E-state index >= 15 is 0 Å². The van der Waals surface area contributed by atoms with Gasteiger partial charge in [0.25, 0.3) is 5.91 Å². The number of hydrogen-bond donors (Lipinski definition) is 0. The number of rotatable bonds is 3. The minimum atomic E-state index is 0.0130. The second-order valence-electron chi connectivity index (χ2n) is 6.61. The van der Waals surface area contributed by atoms with Gasteiger partial charge in [-0.15, -0.1) is 0 Å². The number of carbonyl (C=O) groups is 1. The number of anilines is 2. The van der Waals surface area contributed by atoms with Crippen LogP contribution in [-0.4, -0.2) is 39.0 Å². The van der Waals surface area contributed by atoms with Crippen molar-refractivity contribution in [3.63, 3.8) is 0 Å². The van der Waals surface area contributed by atoms with Crippen LogP contribution in [0.2, 0.25) is 5.02 Å². The van der Waals surface area contributed by atoms with Crippen molar-refractivity contribution in [2.45, 2.75) is 13.0 Å². The van der Waals surface area contributed by atoms with E-state index in [9.17, 15) is 4.79 Å². The van der Waals surface area contributed by atoms with Crippen molar-refractivity contribution in [3.8, 4) is 0 Å². The maximum atomic E-state index is 12.1. The summed E-state index contributed by atoms with van der Waals surface area (Å²) in [5.74, 6) is 0.0130. The van der Waals surface area contributed by atoms with Crippen molar-refractivity contribution in [2.75, 3.05) is 42.9 Å². The van der Waals surface area contributed by atoms with Gasteiger partial charge in [0.2, 0.25) is 0 Å². The fourth-order valence-corrected chi connectivity index (χ4v) is 3.69. The number of halogens is 1. The summed E-state index contributed by atoms with van der Waals surface area (Å²) < 4.78 is 11.0. The Balaban J connectivity index is 1.60. The molecule has 1 amide bonds. The van der Waals surface area contributed by atoms with E-state index in [1.807, 2.05) is 42.2 Å². The Morgan fingerprint density at radius 3 is 2.65 bits per heavy atom. The number of aryl methyl sites for hydroxylation is 1. The van der Waals surface area contributed by atoms with Gasteiger partial charge in [-0.25, -0.2) is 0 Å². The highest BCUT2D eigenvalue weighted by Gasteiger charge is 2.28. The van der Waals surface area contributed by atoms with E-state index in [0.717, 1.165) is 22.0 Å². The minimum Gasteiger partial charge on any atom is -0.370 e. The van der Waals surface area contributed by atoms with Gasteiger partial charge in [-0.3, -0.25) is 4.79 Å². The fraction of sp³-hybridized carbons (Fsp3) is 0.350. The lowest BCUT2D eigenvalue weighted by molar-refractivity contribution is -0.125. The molecule has 2 heterocycles. The maximum absolute atomic E-state index is 12.1. The molecule has 1 atom stereocenters. The fourth-order valence-electron chi connectivity index (χ4n) is 3.57. The Bertz CT molecular complexity index is 809. The lowest BCUT2D eigenvalue weighted by atomic mass is 10.0. The molecule has 2 fully saturated rings. The van der Waals surface area contributed by atoms with Crippen LogP contribution >= 0.6 is 11.6 Å². The van der Waals surface area contributed by atoms with Gasteiger partial charge < -0.3 is 19.3 Å². The van der Waals surface area contributed by atoms with Crippen LogP contribution in [0.3, 0.4) is 0 Å². The number of hydrogen-bond acceptors (Lipinski definition) is 4. The molecule has 0 aliphatic carbocycles. The normalized spacial score (nSPS) is 20.7. The van der Waals surface area contributed by atoms with Crippen molar-refractivity contribution in [2.24, 2.45) is 0 Å². The van der Waals surface area contributed by atoms with Gasteiger partial charge >= 0.3 is 0 Å². The van der Waals surface area contributed by atoms with E-state index in [1.54, 1.807) is 0 Å². The highest BCUT2D eigenvalue weighted by Crippen LogP contribution is 2.34. The van der Waals surface area contributed by atoms with E-state index in [-0.39, 0.29) is 18.6 Å². The average molecular weight is 373 g/mol. The summed E-state index contributed by atoms with van der Waals surface area (Å²) in [6, 6.07) is 14.2. The molecule has 5 nitrogen and oxygen atoms in total. The summed E-state index contributed by atoms with van der Waals surface area (Å²) in [5.41, 5.74) is 4.31. The van der Waals surface area contributed by atoms with Gasteiger partial charge in [0.15, 0.2) is 0 Å². The molecule has 0 saturated carbocycles. The smallest absolute Gasteiger partial charge is 0.253 e. The Kier molecular flexibility index (Phi) is 4.85. The number of amides is 1. The molecule has 26 heavy (non-hydrogen) atoms. The van der Waals surface area contributed by atoms with Crippen LogP contribution in [0.1, 0.15) is 17.2 Å². The third-order valence-corrected chi connectivity index (χ3v) is 5.17. The molecule has 0 aromatic heterocycles. The zero-order chi connectivity index (χ0) is 18.1. The topological polar surface area (TPSA) is 42.0 Å². The first kappa shape index (κ1) is 17.3. The molecule has 2 saturated heterocycles. The second kappa shape index (κ2) is 7.27. The van der Waals surface area contributed by atoms with Gasteiger partial charge in [0.1, 0.15) is 13.3 Å².